The van der Waals surface area contributed by atoms with Crippen molar-refractivity contribution in [3.63, 3.8) is 0 Å². The lowest BCUT2D eigenvalue weighted by molar-refractivity contribution is 0.0703. The van der Waals surface area contributed by atoms with E-state index in [1.54, 1.807) is 37.7 Å². The van der Waals surface area contributed by atoms with Crippen LogP contribution in [0.25, 0.3) is 10.2 Å². The second-order valence-electron chi connectivity index (χ2n) is 6.99. The average molecular weight is 413 g/mol. The number of rotatable bonds is 5. The van der Waals surface area contributed by atoms with Crippen LogP contribution in [0.3, 0.4) is 0 Å². The zero-order valence-corrected chi connectivity index (χ0v) is 17.6. The molecule has 3 aromatic rings. The number of para-hydroxylation sites is 1. The largest absolute Gasteiger partial charge is 0.493 e. The molecule has 152 valence electrons. The average Bonchev–Trinajstić information content (AvgIpc) is 3.22. The predicted molar refractivity (Wildman–Crippen MR) is 114 cm³/mol. The van der Waals surface area contributed by atoms with Gasteiger partial charge in [-0.2, -0.15) is 0 Å². The number of fused-ring (bicyclic) bond motifs is 1. The number of likely N-dealkylation sites (tertiary alicyclic amines) is 1. The van der Waals surface area contributed by atoms with Crippen LogP contribution in [0.4, 0.5) is 0 Å². The highest BCUT2D eigenvalue weighted by Gasteiger charge is 2.30. The fraction of sp³-hybridized carbons (Fsp3) is 0.364. The molecule has 4 rings (SSSR count). The van der Waals surface area contributed by atoms with Crippen molar-refractivity contribution in [2.75, 3.05) is 34.4 Å². The van der Waals surface area contributed by atoms with Crippen LogP contribution in [0.2, 0.25) is 0 Å². The summed E-state index contributed by atoms with van der Waals surface area (Å²) in [7, 11) is 4.64. The van der Waals surface area contributed by atoms with Gasteiger partial charge >= 0.3 is 0 Å². The van der Waals surface area contributed by atoms with E-state index >= 15 is 0 Å². The van der Waals surface area contributed by atoms with Crippen LogP contribution in [0.1, 0.15) is 34.1 Å². The van der Waals surface area contributed by atoms with Crippen molar-refractivity contribution in [2.24, 2.45) is 0 Å². The summed E-state index contributed by atoms with van der Waals surface area (Å²) < 4.78 is 17.5. The molecule has 0 spiro atoms. The van der Waals surface area contributed by atoms with E-state index in [1.165, 1.54) is 11.8 Å². The highest BCUT2D eigenvalue weighted by atomic mass is 32.1. The number of hydrogen-bond acceptors (Lipinski definition) is 6. The first kappa shape index (κ1) is 19.5. The molecule has 0 unspecified atom stereocenters. The van der Waals surface area contributed by atoms with Gasteiger partial charge in [0, 0.05) is 19.0 Å². The van der Waals surface area contributed by atoms with Gasteiger partial charge in [-0.05, 0) is 37.1 Å². The summed E-state index contributed by atoms with van der Waals surface area (Å²) in [6.45, 7) is 1.37. The molecule has 1 saturated heterocycles. The Morgan fingerprint density at radius 1 is 1.07 bits per heavy atom. The van der Waals surface area contributed by atoms with Gasteiger partial charge < -0.3 is 19.1 Å². The zero-order valence-electron chi connectivity index (χ0n) is 16.8. The second-order valence-corrected chi connectivity index (χ2v) is 8.05. The van der Waals surface area contributed by atoms with Gasteiger partial charge in [0.15, 0.2) is 11.5 Å². The number of hydrogen-bond donors (Lipinski definition) is 0. The number of carbonyl (C=O) groups excluding carboxylic acids is 1. The first-order valence-electron chi connectivity index (χ1n) is 9.60. The summed E-state index contributed by atoms with van der Waals surface area (Å²) in [6, 6.07) is 11.6. The topological polar surface area (TPSA) is 60.9 Å². The maximum absolute atomic E-state index is 13.3. The molecular weight excluding hydrogens is 388 g/mol. The molecule has 29 heavy (non-hydrogen) atoms. The van der Waals surface area contributed by atoms with Gasteiger partial charge in [-0.15, -0.1) is 11.3 Å². The van der Waals surface area contributed by atoms with Crippen LogP contribution >= 0.6 is 11.3 Å². The molecular formula is C22H24N2O4S. The molecule has 1 aliphatic heterocycles. The van der Waals surface area contributed by atoms with Crippen LogP contribution in [0.15, 0.2) is 36.4 Å². The molecule has 2 heterocycles. The molecule has 1 aliphatic rings. The minimum absolute atomic E-state index is 0.0615. The maximum atomic E-state index is 13.3. The number of thiazole rings is 1. The third-order valence-electron chi connectivity index (χ3n) is 5.30. The Labute approximate surface area is 174 Å². The van der Waals surface area contributed by atoms with Gasteiger partial charge in [-0.1, -0.05) is 12.1 Å². The molecule has 6 nitrogen and oxygen atoms in total. The molecule has 1 atom stereocenters. The Morgan fingerprint density at radius 3 is 2.59 bits per heavy atom. The summed E-state index contributed by atoms with van der Waals surface area (Å²) in [5.74, 6) is 1.55. The van der Waals surface area contributed by atoms with E-state index in [4.69, 9.17) is 19.2 Å². The molecule has 1 fully saturated rings. The molecule has 2 aromatic carbocycles. The zero-order chi connectivity index (χ0) is 20.4. The molecule has 0 bridgehead atoms. The third-order valence-corrected chi connectivity index (χ3v) is 6.50. The van der Waals surface area contributed by atoms with Gasteiger partial charge in [-0.25, -0.2) is 4.98 Å². The fourth-order valence-electron chi connectivity index (χ4n) is 3.87. The van der Waals surface area contributed by atoms with Crippen LogP contribution in [0.5, 0.6) is 17.2 Å². The lowest BCUT2D eigenvalue weighted by Gasteiger charge is -2.32. The van der Waals surface area contributed by atoms with E-state index in [2.05, 4.69) is 6.07 Å². The summed E-state index contributed by atoms with van der Waals surface area (Å²) in [5.41, 5.74) is 1.51. The highest BCUT2D eigenvalue weighted by Crippen LogP contribution is 2.41. The third kappa shape index (κ3) is 3.62. The molecule has 7 heteroatoms. The summed E-state index contributed by atoms with van der Waals surface area (Å²) in [4.78, 5) is 20.0. The lowest BCUT2D eigenvalue weighted by atomic mass is 9.97. The van der Waals surface area contributed by atoms with Crippen molar-refractivity contribution >= 4 is 27.5 Å². The van der Waals surface area contributed by atoms with Crippen molar-refractivity contribution < 1.29 is 19.0 Å². The van der Waals surface area contributed by atoms with Crippen molar-refractivity contribution in [3.05, 3.63) is 47.0 Å². The molecule has 0 radical (unpaired) electrons. The van der Waals surface area contributed by atoms with Crippen molar-refractivity contribution in [1.82, 2.24) is 9.88 Å². The van der Waals surface area contributed by atoms with E-state index < -0.39 is 0 Å². The van der Waals surface area contributed by atoms with E-state index in [0.29, 0.717) is 29.4 Å². The Bertz CT molecular complexity index is 1000. The second kappa shape index (κ2) is 8.29. The number of amides is 1. The van der Waals surface area contributed by atoms with Gasteiger partial charge in [-0.3, -0.25) is 4.79 Å². The lowest BCUT2D eigenvalue weighted by Crippen LogP contribution is -2.39. The van der Waals surface area contributed by atoms with E-state index in [0.717, 1.165) is 29.9 Å². The fourth-order valence-corrected chi connectivity index (χ4v) is 4.96. The quantitative estimate of drug-likeness (QED) is 0.624. The van der Waals surface area contributed by atoms with E-state index in [-0.39, 0.29) is 11.8 Å². The Balaban J connectivity index is 1.60. The van der Waals surface area contributed by atoms with Gasteiger partial charge in [0.1, 0.15) is 0 Å². The number of methoxy groups -OCH3 is 3. The van der Waals surface area contributed by atoms with Crippen LogP contribution in [-0.2, 0) is 0 Å². The minimum Gasteiger partial charge on any atom is -0.493 e. The van der Waals surface area contributed by atoms with Gasteiger partial charge in [0.25, 0.3) is 5.91 Å². The SMILES string of the molecule is COc1ccc(C(=O)N2CCC[C@H](c3nc4ccccc4s3)C2)c(OC)c1OC. The maximum Gasteiger partial charge on any atom is 0.257 e. The molecule has 0 aliphatic carbocycles. The van der Waals surface area contributed by atoms with E-state index in [1.807, 2.05) is 23.1 Å². The molecule has 1 aromatic heterocycles. The standard InChI is InChI=1S/C22H24N2O4S/c1-26-17-11-10-15(19(27-2)20(17)28-3)22(25)24-12-6-7-14(13-24)21-23-16-8-4-5-9-18(16)29-21/h4-5,8-11,14H,6-7,12-13H2,1-3H3/t14-/m0/s1. The van der Waals surface area contributed by atoms with Crippen LogP contribution in [0, 0.1) is 0 Å². The molecule has 1 amide bonds. The normalized spacial score (nSPS) is 16.7. The smallest absolute Gasteiger partial charge is 0.257 e. The van der Waals surface area contributed by atoms with Crippen molar-refractivity contribution in [1.29, 1.82) is 0 Å². The number of benzene rings is 2. The summed E-state index contributed by atoms with van der Waals surface area (Å²) in [5, 5.41) is 1.10. The Kier molecular flexibility index (Phi) is 5.58. The number of ether oxygens (including phenoxy) is 3. The number of nitrogens with zero attached hydrogens (tertiary/aromatic N) is 2. The Hall–Kier alpha value is -2.80. The minimum atomic E-state index is -0.0615. The Morgan fingerprint density at radius 2 is 1.86 bits per heavy atom. The number of aromatic nitrogens is 1. The molecule has 0 N–H and O–H groups in total. The van der Waals surface area contributed by atoms with Crippen LogP contribution in [-0.4, -0.2) is 50.2 Å². The number of carbonyl (C=O) groups is 1. The van der Waals surface area contributed by atoms with Crippen LogP contribution < -0.4 is 14.2 Å². The van der Waals surface area contributed by atoms with Crippen molar-refractivity contribution in [3.8, 4) is 17.2 Å². The van der Waals surface area contributed by atoms with Crippen molar-refractivity contribution in [2.45, 2.75) is 18.8 Å². The van der Waals surface area contributed by atoms with E-state index in [9.17, 15) is 4.79 Å². The molecule has 0 saturated carbocycles. The number of piperidine rings is 1. The predicted octanol–water partition coefficient (Wildman–Crippen LogP) is 4.34. The monoisotopic (exact) mass is 412 g/mol. The summed E-state index contributed by atoms with van der Waals surface area (Å²) in [6.07, 6.45) is 1.98. The van der Waals surface area contributed by atoms with Gasteiger partial charge in [0.2, 0.25) is 5.75 Å². The first-order valence-corrected chi connectivity index (χ1v) is 10.4. The summed E-state index contributed by atoms with van der Waals surface area (Å²) >= 11 is 1.72. The highest BCUT2D eigenvalue weighted by molar-refractivity contribution is 7.18. The van der Waals surface area contributed by atoms with Gasteiger partial charge in [0.05, 0.1) is 42.1 Å². The first-order chi connectivity index (χ1) is 14.2.